The Bertz CT molecular complexity index is 727. The lowest BCUT2D eigenvalue weighted by Gasteiger charge is -2.07. The summed E-state index contributed by atoms with van der Waals surface area (Å²) in [6, 6.07) is 8.71. The van der Waals surface area contributed by atoms with E-state index in [1.165, 1.54) is 13.3 Å². The standard InChI is InChI=1S/C15H16ClNO3S/c1-11-3-5-13(14(16)7-11)10-21(18,19)9-12-4-6-15(20-2)17-8-12/h3-8H,9-10H2,1-2H3. The van der Waals surface area contributed by atoms with Gasteiger partial charge in [-0.1, -0.05) is 29.8 Å². The van der Waals surface area contributed by atoms with Crippen molar-refractivity contribution < 1.29 is 13.2 Å². The number of ether oxygens (including phenoxy) is 1. The number of methoxy groups -OCH3 is 1. The third-order valence-corrected chi connectivity index (χ3v) is 4.85. The number of aromatic nitrogens is 1. The number of benzene rings is 1. The van der Waals surface area contributed by atoms with Gasteiger partial charge in [0, 0.05) is 17.3 Å². The Labute approximate surface area is 129 Å². The highest BCUT2D eigenvalue weighted by atomic mass is 35.5. The minimum Gasteiger partial charge on any atom is -0.481 e. The van der Waals surface area contributed by atoms with Gasteiger partial charge in [0.25, 0.3) is 0 Å². The van der Waals surface area contributed by atoms with E-state index in [0.29, 0.717) is 22.0 Å². The molecule has 1 aromatic carbocycles. The number of aryl methyl sites for hydroxylation is 1. The fourth-order valence-electron chi connectivity index (χ4n) is 1.93. The molecule has 1 heterocycles. The van der Waals surface area contributed by atoms with Gasteiger partial charge in [0.05, 0.1) is 18.6 Å². The number of halogens is 1. The summed E-state index contributed by atoms with van der Waals surface area (Å²) in [5.41, 5.74) is 2.24. The predicted molar refractivity (Wildman–Crippen MR) is 83.3 cm³/mol. The van der Waals surface area contributed by atoms with E-state index in [-0.39, 0.29) is 11.5 Å². The maximum atomic E-state index is 12.2. The molecule has 21 heavy (non-hydrogen) atoms. The first kappa shape index (κ1) is 15.8. The van der Waals surface area contributed by atoms with Crippen molar-refractivity contribution in [2.24, 2.45) is 0 Å². The molecule has 0 atom stereocenters. The molecule has 0 saturated carbocycles. The fourth-order valence-corrected chi connectivity index (χ4v) is 3.82. The fraction of sp³-hybridized carbons (Fsp3) is 0.267. The van der Waals surface area contributed by atoms with Crippen LogP contribution in [0, 0.1) is 6.92 Å². The number of rotatable bonds is 5. The number of pyridine rings is 1. The average molecular weight is 326 g/mol. The van der Waals surface area contributed by atoms with Crippen molar-refractivity contribution in [3.05, 3.63) is 58.2 Å². The van der Waals surface area contributed by atoms with Crippen molar-refractivity contribution in [1.82, 2.24) is 4.98 Å². The Hall–Kier alpha value is -1.59. The van der Waals surface area contributed by atoms with E-state index in [0.717, 1.165) is 5.56 Å². The monoisotopic (exact) mass is 325 g/mol. The van der Waals surface area contributed by atoms with Crippen LogP contribution in [0.2, 0.25) is 5.02 Å². The van der Waals surface area contributed by atoms with Crippen molar-refractivity contribution in [3.63, 3.8) is 0 Å². The van der Waals surface area contributed by atoms with Crippen molar-refractivity contribution in [1.29, 1.82) is 0 Å². The molecule has 112 valence electrons. The first-order valence-electron chi connectivity index (χ1n) is 6.34. The van der Waals surface area contributed by atoms with Gasteiger partial charge in [-0.15, -0.1) is 0 Å². The van der Waals surface area contributed by atoms with Gasteiger partial charge >= 0.3 is 0 Å². The summed E-state index contributed by atoms with van der Waals surface area (Å²) in [5.74, 6) is 0.296. The second-order valence-electron chi connectivity index (χ2n) is 4.84. The molecule has 0 spiro atoms. The Morgan fingerprint density at radius 1 is 1.19 bits per heavy atom. The van der Waals surface area contributed by atoms with Crippen molar-refractivity contribution in [2.75, 3.05) is 7.11 Å². The molecule has 0 aliphatic carbocycles. The highest BCUT2D eigenvalue weighted by Crippen LogP contribution is 2.21. The lowest BCUT2D eigenvalue weighted by atomic mass is 10.2. The van der Waals surface area contributed by atoms with Gasteiger partial charge in [0.15, 0.2) is 9.84 Å². The molecule has 0 N–H and O–H groups in total. The van der Waals surface area contributed by atoms with Crippen LogP contribution in [0.5, 0.6) is 5.88 Å². The van der Waals surface area contributed by atoms with Crippen LogP contribution in [-0.2, 0) is 21.3 Å². The van der Waals surface area contributed by atoms with E-state index in [4.69, 9.17) is 16.3 Å². The van der Waals surface area contributed by atoms with Crippen LogP contribution in [-0.4, -0.2) is 20.5 Å². The largest absolute Gasteiger partial charge is 0.481 e. The highest BCUT2D eigenvalue weighted by Gasteiger charge is 2.15. The minimum absolute atomic E-state index is 0.0752. The zero-order valence-corrected chi connectivity index (χ0v) is 13.4. The molecule has 4 nitrogen and oxygen atoms in total. The molecule has 0 bridgehead atoms. The lowest BCUT2D eigenvalue weighted by Crippen LogP contribution is -2.08. The van der Waals surface area contributed by atoms with Gasteiger partial charge in [-0.05, 0) is 29.7 Å². The molecular formula is C15H16ClNO3S. The quantitative estimate of drug-likeness (QED) is 0.847. The van der Waals surface area contributed by atoms with Crippen molar-refractivity contribution in [3.8, 4) is 5.88 Å². The maximum Gasteiger partial charge on any atom is 0.212 e. The summed E-state index contributed by atoms with van der Waals surface area (Å²) in [4.78, 5) is 4.00. The molecule has 6 heteroatoms. The molecule has 1 aromatic heterocycles. The number of nitrogens with zero attached hydrogens (tertiary/aromatic N) is 1. The Morgan fingerprint density at radius 2 is 1.95 bits per heavy atom. The second-order valence-corrected chi connectivity index (χ2v) is 7.31. The van der Waals surface area contributed by atoms with E-state index in [9.17, 15) is 8.42 Å². The molecular weight excluding hydrogens is 310 g/mol. The van der Waals surface area contributed by atoms with E-state index >= 15 is 0 Å². The van der Waals surface area contributed by atoms with E-state index in [1.54, 1.807) is 24.3 Å². The summed E-state index contributed by atoms with van der Waals surface area (Å²) in [6.45, 7) is 1.91. The summed E-state index contributed by atoms with van der Waals surface area (Å²) in [5, 5.41) is 0.478. The molecule has 0 radical (unpaired) electrons. The first-order chi connectivity index (χ1) is 9.89. The van der Waals surface area contributed by atoms with Crippen molar-refractivity contribution in [2.45, 2.75) is 18.4 Å². The molecule has 0 aliphatic heterocycles. The van der Waals surface area contributed by atoms with E-state index in [2.05, 4.69) is 4.98 Å². The third kappa shape index (κ3) is 4.44. The van der Waals surface area contributed by atoms with Crippen molar-refractivity contribution >= 4 is 21.4 Å². The smallest absolute Gasteiger partial charge is 0.212 e. The molecule has 2 aromatic rings. The van der Waals surface area contributed by atoms with Gasteiger partial charge in [-0.2, -0.15) is 0 Å². The number of hydrogen-bond acceptors (Lipinski definition) is 4. The third-order valence-electron chi connectivity index (χ3n) is 2.98. The first-order valence-corrected chi connectivity index (χ1v) is 8.54. The predicted octanol–water partition coefficient (Wildman–Crippen LogP) is 3.17. The Balaban J connectivity index is 2.14. The molecule has 0 unspecified atom stereocenters. The van der Waals surface area contributed by atoms with Crippen LogP contribution in [0.15, 0.2) is 36.5 Å². The summed E-state index contributed by atoms with van der Waals surface area (Å²) in [7, 11) is -1.80. The van der Waals surface area contributed by atoms with Crippen LogP contribution >= 0.6 is 11.6 Å². The maximum absolute atomic E-state index is 12.2. The van der Waals surface area contributed by atoms with Crippen LogP contribution in [0.25, 0.3) is 0 Å². The Morgan fingerprint density at radius 3 is 2.52 bits per heavy atom. The number of hydrogen-bond donors (Lipinski definition) is 0. The van der Waals surface area contributed by atoms with Crippen LogP contribution < -0.4 is 4.74 Å². The van der Waals surface area contributed by atoms with Gasteiger partial charge in [-0.25, -0.2) is 13.4 Å². The van der Waals surface area contributed by atoms with E-state index < -0.39 is 9.84 Å². The second kappa shape index (κ2) is 6.45. The van der Waals surface area contributed by atoms with E-state index in [1.807, 2.05) is 13.0 Å². The molecule has 0 aliphatic rings. The summed E-state index contributed by atoms with van der Waals surface area (Å²) >= 11 is 6.08. The minimum atomic E-state index is -3.31. The zero-order valence-electron chi connectivity index (χ0n) is 11.8. The van der Waals surface area contributed by atoms with Gasteiger partial charge in [0.2, 0.25) is 5.88 Å². The molecule has 2 rings (SSSR count). The summed E-state index contributed by atoms with van der Waals surface area (Å²) < 4.78 is 29.4. The normalized spacial score (nSPS) is 11.4. The SMILES string of the molecule is COc1ccc(CS(=O)(=O)Cc2ccc(C)cc2Cl)cn1. The van der Waals surface area contributed by atoms with Crippen LogP contribution in [0.1, 0.15) is 16.7 Å². The van der Waals surface area contributed by atoms with Crippen LogP contribution in [0.4, 0.5) is 0 Å². The highest BCUT2D eigenvalue weighted by molar-refractivity contribution is 7.89. The molecule has 0 amide bonds. The number of sulfone groups is 1. The van der Waals surface area contributed by atoms with Crippen LogP contribution in [0.3, 0.4) is 0 Å². The summed E-state index contributed by atoms with van der Waals surface area (Å²) in [6.07, 6.45) is 1.51. The topological polar surface area (TPSA) is 56.3 Å². The van der Waals surface area contributed by atoms with Gasteiger partial charge < -0.3 is 4.74 Å². The zero-order chi connectivity index (χ0) is 15.5. The van der Waals surface area contributed by atoms with Gasteiger partial charge in [0.1, 0.15) is 0 Å². The van der Waals surface area contributed by atoms with Gasteiger partial charge in [-0.3, -0.25) is 0 Å². The molecule has 0 saturated heterocycles. The molecule has 0 fully saturated rings. The lowest BCUT2D eigenvalue weighted by molar-refractivity contribution is 0.397. The average Bonchev–Trinajstić information content (AvgIpc) is 2.42. The Kier molecular flexibility index (Phi) is 4.85.